The number of carboxylic acid groups (broad SMARTS) is 1. The van der Waals surface area contributed by atoms with Crippen LogP contribution in [-0.4, -0.2) is 33.2 Å². The SMILES string of the molecule is CC1CC(C)(C)N(C)c2ccc(/C=C/c3c(C(=O)[O-])cnc4ccnn34)cc21.[K+]. The van der Waals surface area contributed by atoms with E-state index in [-0.39, 0.29) is 62.5 Å². The molecular weight excluding hydrogens is 391 g/mol. The first-order valence-electron chi connectivity index (χ1n) is 9.38. The summed E-state index contributed by atoms with van der Waals surface area (Å²) in [5.41, 5.74) is 4.74. The Hall–Kier alpha value is -1.51. The Balaban J connectivity index is 0.00000240. The van der Waals surface area contributed by atoms with Gasteiger partial charge in [-0.1, -0.05) is 19.1 Å². The molecule has 1 aromatic carbocycles. The standard InChI is InChI=1S/C22H24N4O2.K/c1-14-12-22(2,3)25(4)18-7-5-15(11-16(14)18)6-8-19-17(21(27)28)13-23-20-9-10-24-26(19)20;/h5-11,13-14H,12H2,1-4H3,(H,27,28);/q;+1/p-1/b8-6+;. The van der Waals surface area contributed by atoms with Crippen LogP contribution in [0.5, 0.6) is 0 Å². The van der Waals surface area contributed by atoms with E-state index in [9.17, 15) is 9.90 Å². The van der Waals surface area contributed by atoms with E-state index in [2.05, 4.69) is 61.0 Å². The van der Waals surface area contributed by atoms with Gasteiger partial charge in [-0.3, -0.25) is 0 Å². The summed E-state index contributed by atoms with van der Waals surface area (Å²) in [6, 6.07) is 8.11. The molecule has 0 radical (unpaired) electrons. The summed E-state index contributed by atoms with van der Waals surface area (Å²) in [7, 11) is 2.14. The van der Waals surface area contributed by atoms with Crippen molar-refractivity contribution in [3.05, 3.63) is 59.0 Å². The van der Waals surface area contributed by atoms with Gasteiger partial charge in [0.25, 0.3) is 0 Å². The van der Waals surface area contributed by atoms with Crippen LogP contribution >= 0.6 is 0 Å². The first kappa shape index (κ1) is 22.2. The van der Waals surface area contributed by atoms with Gasteiger partial charge in [-0.2, -0.15) is 5.10 Å². The zero-order valence-electron chi connectivity index (χ0n) is 17.5. The van der Waals surface area contributed by atoms with Crippen LogP contribution in [0.1, 0.15) is 60.3 Å². The minimum absolute atomic E-state index is 0. The van der Waals surface area contributed by atoms with Gasteiger partial charge in [0, 0.05) is 36.1 Å². The van der Waals surface area contributed by atoms with Gasteiger partial charge < -0.3 is 14.8 Å². The molecule has 3 aromatic rings. The Morgan fingerprint density at radius 3 is 2.76 bits per heavy atom. The average molecular weight is 415 g/mol. The maximum atomic E-state index is 11.5. The van der Waals surface area contributed by atoms with Gasteiger partial charge in [0.05, 0.1) is 17.9 Å². The van der Waals surface area contributed by atoms with Crippen LogP contribution in [0, 0.1) is 0 Å². The van der Waals surface area contributed by atoms with Crippen molar-refractivity contribution < 1.29 is 61.3 Å². The van der Waals surface area contributed by atoms with Crippen molar-refractivity contribution in [3.63, 3.8) is 0 Å². The van der Waals surface area contributed by atoms with Crippen molar-refractivity contribution in [1.29, 1.82) is 0 Å². The number of benzene rings is 1. The summed E-state index contributed by atoms with van der Waals surface area (Å²) in [6.07, 6.45) is 7.66. The van der Waals surface area contributed by atoms with Gasteiger partial charge in [0.15, 0.2) is 5.65 Å². The number of rotatable bonds is 3. The fraction of sp³-hybridized carbons (Fsp3) is 0.318. The fourth-order valence-electron chi connectivity index (χ4n) is 4.08. The summed E-state index contributed by atoms with van der Waals surface area (Å²) in [6.45, 7) is 6.78. The predicted octanol–water partition coefficient (Wildman–Crippen LogP) is -0.0108. The first-order chi connectivity index (χ1) is 13.3. The van der Waals surface area contributed by atoms with Crippen molar-refractivity contribution in [2.45, 2.75) is 38.6 Å². The van der Waals surface area contributed by atoms with E-state index in [1.54, 1.807) is 18.3 Å². The number of carbonyl (C=O) groups excluding carboxylic acids is 1. The maximum absolute atomic E-state index is 11.5. The van der Waals surface area contributed by atoms with E-state index < -0.39 is 5.97 Å². The molecule has 1 aliphatic rings. The second-order valence-corrected chi connectivity index (χ2v) is 8.07. The van der Waals surface area contributed by atoms with Gasteiger partial charge in [0.1, 0.15) is 0 Å². The molecule has 0 saturated carbocycles. The number of aromatic carboxylic acids is 1. The van der Waals surface area contributed by atoms with Crippen LogP contribution < -0.4 is 61.4 Å². The molecule has 1 atom stereocenters. The number of nitrogens with zero attached hydrogens (tertiary/aromatic N) is 4. The van der Waals surface area contributed by atoms with Gasteiger partial charge in [-0.05, 0) is 55.5 Å². The first-order valence-corrected chi connectivity index (χ1v) is 9.38. The number of carbonyl (C=O) groups is 1. The largest absolute Gasteiger partial charge is 1.00 e. The molecular formula is C22H23KN4O2. The molecule has 144 valence electrons. The number of fused-ring (bicyclic) bond motifs is 2. The smallest absolute Gasteiger partial charge is 0.545 e. The van der Waals surface area contributed by atoms with Gasteiger partial charge >= 0.3 is 51.4 Å². The zero-order valence-corrected chi connectivity index (χ0v) is 20.6. The van der Waals surface area contributed by atoms with E-state index in [0.29, 0.717) is 17.3 Å². The Bertz CT molecular complexity index is 1100. The van der Waals surface area contributed by atoms with Gasteiger partial charge in [0.2, 0.25) is 0 Å². The molecule has 0 bridgehead atoms. The van der Waals surface area contributed by atoms with Crippen molar-refractivity contribution >= 4 is 29.5 Å². The number of carboxylic acids is 1. The number of anilines is 1. The Kier molecular flexibility index (Phi) is 6.36. The summed E-state index contributed by atoms with van der Waals surface area (Å²) < 4.78 is 1.51. The number of aromatic nitrogens is 3. The fourth-order valence-corrected chi connectivity index (χ4v) is 4.08. The molecule has 0 saturated heterocycles. The van der Waals surface area contributed by atoms with Crippen molar-refractivity contribution in [1.82, 2.24) is 14.6 Å². The molecule has 1 unspecified atom stereocenters. The van der Waals surface area contributed by atoms with Crippen LogP contribution in [0.25, 0.3) is 17.8 Å². The van der Waals surface area contributed by atoms with Gasteiger partial charge in [-0.25, -0.2) is 9.50 Å². The van der Waals surface area contributed by atoms with Crippen LogP contribution in [-0.2, 0) is 0 Å². The molecule has 0 aliphatic carbocycles. The van der Waals surface area contributed by atoms with E-state index in [1.165, 1.54) is 22.0 Å². The molecule has 4 rings (SSSR count). The van der Waals surface area contributed by atoms with E-state index in [1.807, 2.05) is 6.08 Å². The zero-order chi connectivity index (χ0) is 20.1. The molecule has 6 nitrogen and oxygen atoms in total. The minimum Gasteiger partial charge on any atom is -0.545 e. The maximum Gasteiger partial charge on any atom is 1.00 e. The normalized spacial score (nSPS) is 17.9. The molecule has 1 aliphatic heterocycles. The third-order valence-electron chi connectivity index (χ3n) is 5.76. The van der Waals surface area contributed by atoms with E-state index >= 15 is 0 Å². The van der Waals surface area contributed by atoms with E-state index in [4.69, 9.17) is 0 Å². The molecule has 0 amide bonds. The molecule has 2 aromatic heterocycles. The topological polar surface area (TPSA) is 73.6 Å². The van der Waals surface area contributed by atoms with E-state index in [0.717, 1.165) is 12.0 Å². The van der Waals surface area contributed by atoms with Crippen LogP contribution in [0.2, 0.25) is 0 Å². The molecule has 0 spiro atoms. The van der Waals surface area contributed by atoms with Crippen LogP contribution in [0.15, 0.2) is 36.7 Å². The third kappa shape index (κ3) is 4.07. The van der Waals surface area contributed by atoms with Crippen molar-refractivity contribution in [2.75, 3.05) is 11.9 Å². The summed E-state index contributed by atoms with van der Waals surface area (Å²) in [5, 5.41) is 15.7. The molecule has 3 heterocycles. The Morgan fingerprint density at radius 2 is 2.03 bits per heavy atom. The molecule has 7 heteroatoms. The van der Waals surface area contributed by atoms with Gasteiger partial charge in [-0.15, -0.1) is 0 Å². The third-order valence-corrected chi connectivity index (χ3v) is 5.76. The predicted molar refractivity (Wildman–Crippen MR) is 108 cm³/mol. The van der Waals surface area contributed by atoms with Crippen LogP contribution in [0.4, 0.5) is 5.69 Å². The Morgan fingerprint density at radius 1 is 1.28 bits per heavy atom. The number of hydrogen-bond donors (Lipinski definition) is 0. The molecule has 0 fully saturated rings. The average Bonchev–Trinajstić information content (AvgIpc) is 3.12. The van der Waals surface area contributed by atoms with Crippen LogP contribution in [0.3, 0.4) is 0 Å². The number of hydrogen-bond acceptors (Lipinski definition) is 5. The molecule has 29 heavy (non-hydrogen) atoms. The summed E-state index contributed by atoms with van der Waals surface area (Å²) in [5.74, 6) is -0.820. The summed E-state index contributed by atoms with van der Waals surface area (Å²) in [4.78, 5) is 17.9. The second-order valence-electron chi connectivity index (χ2n) is 8.07. The van der Waals surface area contributed by atoms with Crippen molar-refractivity contribution in [3.8, 4) is 0 Å². The Labute approximate surface area is 213 Å². The monoisotopic (exact) mass is 414 g/mol. The quantitative estimate of drug-likeness (QED) is 0.564. The minimum atomic E-state index is -1.27. The van der Waals surface area contributed by atoms with Crippen molar-refractivity contribution in [2.24, 2.45) is 0 Å². The second kappa shape index (κ2) is 8.32. The molecule has 0 N–H and O–H groups in total. The summed E-state index contributed by atoms with van der Waals surface area (Å²) >= 11 is 0.